The summed E-state index contributed by atoms with van der Waals surface area (Å²) in [5.41, 5.74) is 0. The van der Waals surface area contributed by atoms with Gasteiger partial charge in [-0.3, -0.25) is 19.2 Å². The van der Waals surface area contributed by atoms with Crippen LogP contribution in [0.4, 0.5) is 0 Å². The minimum Gasteiger partial charge on any atom is -0.378 e. The summed E-state index contributed by atoms with van der Waals surface area (Å²) in [7, 11) is 0. The first-order valence-electron chi connectivity index (χ1n) is 48.5. The van der Waals surface area contributed by atoms with E-state index in [1.807, 2.05) is 55.4 Å². The Morgan fingerprint density at radius 2 is 0.411 bits per heavy atom. The van der Waals surface area contributed by atoms with Crippen LogP contribution in [0.2, 0.25) is 0 Å². The van der Waals surface area contributed by atoms with Crippen LogP contribution < -0.4 is 0 Å². The molecule has 0 aliphatic heterocycles. The lowest BCUT2D eigenvalue weighted by molar-refractivity contribution is -0.125. The van der Waals surface area contributed by atoms with Crippen LogP contribution in [0.15, 0.2) is 48.6 Å². The first-order chi connectivity index (χ1) is 52.2. The zero-order valence-corrected chi connectivity index (χ0v) is 75.5. The van der Waals surface area contributed by atoms with Gasteiger partial charge in [-0.15, -0.1) is 0 Å². The summed E-state index contributed by atoms with van der Waals surface area (Å²) in [5, 5.41) is 0. The molecule has 0 bridgehead atoms. The van der Waals surface area contributed by atoms with Crippen molar-refractivity contribution in [1.82, 2.24) is 0 Å². The molecule has 0 aromatic rings. The Bertz CT molecular complexity index is 1850. The summed E-state index contributed by atoms with van der Waals surface area (Å²) in [6, 6.07) is 0. The highest BCUT2D eigenvalue weighted by molar-refractivity contribution is 5.81. The monoisotopic (exact) mass is 1500 g/mol. The van der Waals surface area contributed by atoms with Gasteiger partial charge in [0.1, 0.15) is 23.1 Å². The summed E-state index contributed by atoms with van der Waals surface area (Å²) < 4.78 is 6.21. The Labute approximate surface area is 674 Å². The zero-order chi connectivity index (χ0) is 79.5. The minimum atomic E-state index is 0.130. The fraction of sp³-hybridized carbons (Fsp3) is 0.882. The summed E-state index contributed by atoms with van der Waals surface area (Å²) in [6.45, 7) is 28.2. The lowest BCUT2D eigenvalue weighted by Gasteiger charge is -2.18. The van der Waals surface area contributed by atoms with Gasteiger partial charge >= 0.3 is 0 Å². The summed E-state index contributed by atoms with van der Waals surface area (Å²) in [4.78, 5) is 46.7. The molecule has 0 fully saturated rings. The Balaban J connectivity index is -0.000000672. The molecule has 1 atom stereocenters. The van der Waals surface area contributed by atoms with Crippen LogP contribution in [0, 0.1) is 23.7 Å². The highest BCUT2D eigenvalue weighted by Gasteiger charge is 2.17. The molecular formula is C102H196O5. The van der Waals surface area contributed by atoms with Gasteiger partial charge in [0.15, 0.2) is 0 Å². The van der Waals surface area contributed by atoms with Gasteiger partial charge in [0.2, 0.25) is 0 Å². The predicted molar refractivity (Wildman–Crippen MR) is 482 cm³/mol. The molecule has 0 aromatic carbocycles. The quantitative estimate of drug-likeness (QED) is 0.0448. The fourth-order valence-corrected chi connectivity index (χ4v) is 13.8. The summed E-state index contributed by atoms with van der Waals surface area (Å²) in [5.74, 6) is 2.40. The van der Waals surface area contributed by atoms with Gasteiger partial charge in [0.25, 0.3) is 0 Å². The largest absolute Gasteiger partial charge is 0.378 e. The van der Waals surface area contributed by atoms with Gasteiger partial charge in [-0.2, -0.15) is 0 Å². The third-order valence-electron chi connectivity index (χ3n) is 21.8. The van der Waals surface area contributed by atoms with E-state index in [1.165, 1.54) is 372 Å². The first-order valence-corrected chi connectivity index (χ1v) is 48.5. The van der Waals surface area contributed by atoms with E-state index >= 15 is 0 Å². The number of ether oxygens (including phenoxy) is 1. The van der Waals surface area contributed by atoms with Crippen molar-refractivity contribution in [3.05, 3.63) is 48.6 Å². The van der Waals surface area contributed by atoms with E-state index in [2.05, 4.69) is 83.2 Å². The number of carbonyl (C=O) groups excluding carboxylic acids is 4. The second-order valence-corrected chi connectivity index (χ2v) is 34.2. The number of carbonyl (C=O) groups is 4. The Kier molecular flexibility index (Phi) is 101. The molecule has 5 nitrogen and oxygen atoms in total. The van der Waals surface area contributed by atoms with Crippen molar-refractivity contribution in [3.8, 4) is 0 Å². The van der Waals surface area contributed by atoms with E-state index in [4.69, 9.17) is 4.74 Å². The van der Waals surface area contributed by atoms with Gasteiger partial charge in [-0.1, -0.05) is 498 Å². The lowest BCUT2D eigenvalue weighted by Crippen LogP contribution is -2.21. The van der Waals surface area contributed by atoms with Crippen LogP contribution in [0.3, 0.4) is 0 Å². The highest BCUT2D eigenvalue weighted by Crippen LogP contribution is 2.21. The molecule has 0 N–H and O–H groups in total. The smallest absolute Gasteiger partial charge is 0.138 e. The molecule has 0 radical (unpaired) electrons. The van der Waals surface area contributed by atoms with Crippen molar-refractivity contribution in [1.29, 1.82) is 0 Å². The SMILES string of the molecule is CCCCC/C=C\C/C=C\C/C=C\C/C=C\CCCC(=O)C(C)C.CCCCCCCCCCCCCCCC(=O)C(C)C.CCCCCCCCCCCCCCCCCCCCCCCCCC(=O)C(C)C.CCCCCCCCCCCCCCOC(CCCCCCCCCCC)CC(=O)C(C)C. The maximum Gasteiger partial charge on any atom is 0.138 e. The van der Waals surface area contributed by atoms with E-state index in [9.17, 15) is 19.2 Å². The molecule has 1 unspecified atom stereocenters. The molecule has 107 heavy (non-hydrogen) atoms. The van der Waals surface area contributed by atoms with E-state index in [0.29, 0.717) is 29.6 Å². The standard InChI is InChI=1S/C31H62O2.C29H58O.C23H38O.C19H38O/c1-5-7-9-11-13-15-16-17-19-21-23-25-27-33-30(28-31(32)29(3)4)26-24-22-20-18-14-12-10-8-6-2;1-4-5-6-7-8-9-10-11-12-13-14-15-16-17-18-19-20-21-22-23-24-25-26-27-29(30)28(2)3;1-4-5-6-7-8-9-10-11-12-13-14-15-16-17-18-19-20-21-23(24)22(2)3;1-4-5-6-7-8-9-10-11-12-13-14-15-16-17-19(20)18(2)3/h29-30H,5-28H2,1-4H3;28H,4-27H2,1-3H3;8-9,11-12,14-15,17-18,22H,4-7,10,13,16,19-21H2,1-3H3;18H,4-17H2,1-3H3/b;;9-8-,12-11-,15-14-,18-17-;. The van der Waals surface area contributed by atoms with Gasteiger partial charge in [0, 0.05) is 56.0 Å². The van der Waals surface area contributed by atoms with Crippen molar-refractivity contribution in [3.63, 3.8) is 0 Å². The van der Waals surface area contributed by atoms with E-state index in [-0.39, 0.29) is 29.8 Å². The number of unbranched alkanes of at least 4 members (excludes halogenated alkanes) is 57. The summed E-state index contributed by atoms with van der Waals surface area (Å²) in [6.07, 6.45) is 111. The number of rotatable bonds is 82. The zero-order valence-electron chi connectivity index (χ0n) is 75.5. The topological polar surface area (TPSA) is 77.5 Å². The van der Waals surface area contributed by atoms with E-state index < -0.39 is 0 Å². The van der Waals surface area contributed by atoms with Crippen LogP contribution in [0.1, 0.15) is 546 Å². The normalized spacial score (nSPS) is 12.0. The molecule has 0 heterocycles. The Morgan fingerprint density at radius 3 is 0.664 bits per heavy atom. The third-order valence-corrected chi connectivity index (χ3v) is 21.8. The second kappa shape index (κ2) is 97.8. The van der Waals surface area contributed by atoms with E-state index in [0.717, 1.165) is 83.7 Å². The Morgan fingerprint density at radius 1 is 0.215 bits per heavy atom. The van der Waals surface area contributed by atoms with Gasteiger partial charge in [0.05, 0.1) is 6.10 Å². The molecule has 0 amide bonds. The predicted octanol–water partition coefficient (Wildman–Crippen LogP) is 35.3. The van der Waals surface area contributed by atoms with Gasteiger partial charge in [-0.25, -0.2) is 0 Å². The fourth-order valence-electron chi connectivity index (χ4n) is 13.8. The maximum absolute atomic E-state index is 12.3. The maximum atomic E-state index is 12.3. The lowest BCUT2D eigenvalue weighted by atomic mass is 9.99. The van der Waals surface area contributed by atoms with Crippen LogP contribution in [0.25, 0.3) is 0 Å². The molecule has 0 saturated heterocycles. The molecule has 0 aliphatic rings. The number of ketones is 4. The third kappa shape index (κ3) is 102. The van der Waals surface area contributed by atoms with E-state index in [1.54, 1.807) is 0 Å². The second-order valence-electron chi connectivity index (χ2n) is 34.2. The molecule has 0 aliphatic carbocycles. The van der Waals surface area contributed by atoms with Crippen molar-refractivity contribution in [2.45, 2.75) is 552 Å². The number of Topliss-reactive ketones (excluding diaryl/α,β-unsaturated/α-hetero) is 4. The average Bonchev–Trinajstić information content (AvgIpc) is 1.02. The van der Waals surface area contributed by atoms with Crippen LogP contribution in [-0.4, -0.2) is 35.8 Å². The van der Waals surface area contributed by atoms with Gasteiger partial charge < -0.3 is 4.74 Å². The van der Waals surface area contributed by atoms with Crippen molar-refractivity contribution < 1.29 is 23.9 Å². The molecular weight excluding hydrogens is 1310 g/mol. The molecule has 634 valence electrons. The molecule has 0 saturated carbocycles. The average molecular weight is 1500 g/mol. The van der Waals surface area contributed by atoms with Crippen molar-refractivity contribution >= 4 is 23.1 Å². The Hall–Kier alpha value is -2.40. The first kappa shape index (κ1) is 111. The van der Waals surface area contributed by atoms with Crippen LogP contribution >= 0.6 is 0 Å². The molecule has 0 rings (SSSR count). The molecule has 0 spiro atoms. The van der Waals surface area contributed by atoms with Crippen molar-refractivity contribution in [2.24, 2.45) is 23.7 Å². The van der Waals surface area contributed by atoms with Crippen LogP contribution in [0.5, 0.6) is 0 Å². The van der Waals surface area contributed by atoms with Crippen LogP contribution in [-0.2, 0) is 23.9 Å². The summed E-state index contributed by atoms with van der Waals surface area (Å²) >= 11 is 0. The number of hydrogen-bond acceptors (Lipinski definition) is 5. The number of hydrogen-bond donors (Lipinski definition) is 0. The highest BCUT2D eigenvalue weighted by atomic mass is 16.5. The molecule has 5 heteroatoms. The minimum absolute atomic E-state index is 0.130. The van der Waals surface area contributed by atoms with Gasteiger partial charge in [-0.05, 0) is 70.6 Å². The molecule has 0 aromatic heterocycles. The number of allylic oxidation sites excluding steroid dienone is 8. The van der Waals surface area contributed by atoms with Crippen molar-refractivity contribution in [2.75, 3.05) is 6.61 Å².